The minimum Gasteiger partial charge on any atom is -0.492 e. The molecule has 1 amide bonds. The first-order valence-electron chi connectivity index (χ1n) is 10.7. The molecule has 0 N–H and O–H groups in total. The van der Waals surface area contributed by atoms with Crippen LogP contribution in [0.2, 0.25) is 0 Å². The van der Waals surface area contributed by atoms with Crippen LogP contribution in [-0.2, 0) is 0 Å². The Bertz CT molecular complexity index is 784. The highest BCUT2D eigenvalue weighted by Gasteiger charge is 2.26. The Hall–Kier alpha value is -2.60. The maximum Gasteiger partial charge on any atom is 0.257 e. The molecule has 0 radical (unpaired) electrons. The number of piperazine rings is 1. The lowest BCUT2D eigenvalue weighted by atomic mass is 10.1. The number of benzene rings is 1. The molecule has 0 saturated carbocycles. The average Bonchev–Trinajstić information content (AvgIpc) is 2.80. The van der Waals surface area contributed by atoms with Crippen molar-refractivity contribution in [2.75, 3.05) is 57.3 Å². The second kappa shape index (κ2) is 9.74. The van der Waals surface area contributed by atoms with Crippen molar-refractivity contribution in [1.82, 2.24) is 14.8 Å². The molecule has 0 aliphatic carbocycles. The van der Waals surface area contributed by atoms with Crippen LogP contribution in [-0.4, -0.2) is 73.1 Å². The van der Waals surface area contributed by atoms with Crippen LogP contribution in [0.4, 0.5) is 5.82 Å². The molecule has 29 heavy (non-hydrogen) atoms. The molecule has 2 aromatic rings. The molecule has 0 bridgehead atoms. The highest BCUT2D eigenvalue weighted by atomic mass is 16.5. The molecule has 2 fully saturated rings. The Morgan fingerprint density at radius 1 is 0.897 bits per heavy atom. The number of piperidine rings is 1. The molecule has 6 nitrogen and oxygen atoms in total. The summed E-state index contributed by atoms with van der Waals surface area (Å²) in [6.45, 7) is 6.78. The van der Waals surface area contributed by atoms with Crippen LogP contribution in [0.3, 0.4) is 0 Å². The van der Waals surface area contributed by atoms with Crippen molar-refractivity contribution in [3.8, 4) is 5.75 Å². The van der Waals surface area contributed by atoms with Gasteiger partial charge < -0.3 is 14.5 Å². The number of hydrogen-bond acceptors (Lipinski definition) is 5. The number of carbonyl (C=O) groups is 1. The fourth-order valence-electron chi connectivity index (χ4n) is 4.08. The molecule has 154 valence electrons. The van der Waals surface area contributed by atoms with Gasteiger partial charge in [-0.25, -0.2) is 4.98 Å². The van der Waals surface area contributed by atoms with Crippen molar-refractivity contribution in [1.29, 1.82) is 0 Å². The summed E-state index contributed by atoms with van der Waals surface area (Å²) in [5, 5.41) is 0. The van der Waals surface area contributed by atoms with Crippen LogP contribution in [0.15, 0.2) is 48.7 Å². The molecule has 0 unspecified atom stereocenters. The number of carbonyl (C=O) groups excluding carboxylic acids is 1. The van der Waals surface area contributed by atoms with Crippen LogP contribution in [0, 0.1) is 0 Å². The number of nitrogens with zero attached hydrogens (tertiary/aromatic N) is 4. The van der Waals surface area contributed by atoms with E-state index in [9.17, 15) is 4.79 Å². The molecule has 2 aliphatic heterocycles. The van der Waals surface area contributed by atoms with Crippen molar-refractivity contribution < 1.29 is 9.53 Å². The summed E-state index contributed by atoms with van der Waals surface area (Å²) >= 11 is 0. The summed E-state index contributed by atoms with van der Waals surface area (Å²) < 4.78 is 5.80. The summed E-state index contributed by atoms with van der Waals surface area (Å²) in [4.78, 5) is 24.3. The van der Waals surface area contributed by atoms with Gasteiger partial charge in [0, 0.05) is 52.0 Å². The summed E-state index contributed by atoms with van der Waals surface area (Å²) in [6.07, 6.45) is 5.41. The van der Waals surface area contributed by atoms with E-state index in [2.05, 4.69) is 14.8 Å². The lowest BCUT2D eigenvalue weighted by Gasteiger charge is -2.35. The number of para-hydroxylation sites is 1. The molecule has 3 heterocycles. The van der Waals surface area contributed by atoms with Gasteiger partial charge in [-0.1, -0.05) is 18.2 Å². The molecular weight excluding hydrogens is 364 g/mol. The van der Waals surface area contributed by atoms with E-state index in [-0.39, 0.29) is 5.91 Å². The van der Waals surface area contributed by atoms with Crippen LogP contribution >= 0.6 is 0 Å². The molecular formula is C23H30N4O2. The van der Waals surface area contributed by atoms with Crippen molar-refractivity contribution in [3.05, 3.63) is 54.2 Å². The van der Waals surface area contributed by atoms with Gasteiger partial charge in [-0.15, -0.1) is 0 Å². The topological polar surface area (TPSA) is 48.9 Å². The van der Waals surface area contributed by atoms with Crippen molar-refractivity contribution in [2.45, 2.75) is 19.3 Å². The van der Waals surface area contributed by atoms with Gasteiger partial charge >= 0.3 is 0 Å². The lowest BCUT2D eigenvalue weighted by Crippen LogP contribution is -2.49. The highest BCUT2D eigenvalue weighted by molar-refractivity contribution is 5.99. The lowest BCUT2D eigenvalue weighted by molar-refractivity contribution is 0.0620. The number of anilines is 1. The molecule has 6 heteroatoms. The van der Waals surface area contributed by atoms with Crippen LogP contribution < -0.4 is 9.64 Å². The van der Waals surface area contributed by atoms with Crippen LogP contribution in [0.5, 0.6) is 5.75 Å². The summed E-state index contributed by atoms with van der Waals surface area (Å²) in [5.41, 5.74) is 0.746. The van der Waals surface area contributed by atoms with E-state index in [1.54, 1.807) is 6.20 Å². The Morgan fingerprint density at radius 2 is 1.66 bits per heavy atom. The maximum atomic E-state index is 13.2. The molecule has 0 atom stereocenters. The quantitative estimate of drug-likeness (QED) is 0.754. The first-order valence-corrected chi connectivity index (χ1v) is 10.7. The summed E-state index contributed by atoms with van der Waals surface area (Å²) in [7, 11) is 0. The summed E-state index contributed by atoms with van der Waals surface area (Å²) in [6, 6.07) is 13.7. The Labute approximate surface area is 173 Å². The first-order chi connectivity index (χ1) is 14.3. The molecule has 2 aliphatic rings. The molecule has 1 aromatic heterocycles. The second-order valence-electron chi connectivity index (χ2n) is 7.72. The third kappa shape index (κ3) is 5.07. The molecule has 2 saturated heterocycles. The predicted octanol–water partition coefficient (Wildman–Crippen LogP) is 2.91. The van der Waals surface area contributed by atoms with Gasteiger partial charge in [-0.05, 0) is 43.5 Å². The molecule has 4 rings (SSSR count). The van der Waals surface area contributed by atoms with Gasteiger partial charge in [0.1, 0.15) is 18.2 Å². The Kier molecular flexibility index (Phi) is 6.62. The summed E-state index contributed by atoms with van der Waals surface area (Å²) in [5.74, 6) is 1.87. The van der Waals surface area contributed by atoms with E-state index < -0.39 is 0 Å². The van der Waals surface area contributed by atoms with Gasteiger partial charge in [0.15, 0.2) is 0 Å². The standard InChI is InChI=1S/C23H30N4O2/c28-23(21-10-7-11-24-22(21)26-12-5-2-6-13-26)27-16-14-25(15-17-27)18-19-29-20-8-3-1-4-9-20/h1,3-4,7-11H,2,5-6,12-19H2. The van der Waals surface area contributed by atoms with E-state index in [0.29, 0.717) is 6.61 Å². The van der Waals surface area contributed by atoms with Gasteiger partial charge in [0.05, 0.1) is 5.56 Å². The third-order valence-corrected chi connectivity index (χ3v) is 5.75. The minimum absolute atomic E-state index is 0.110. The van der Waals surface area contributed by atoms with Crippen LogP contribution in [0.1, 0.15) is 29.6 Å². The van der Waals surface area contributed by atoms with Gasteiger partial charge in [-0.2, -0.15) is 0 Å². The SMILES string of the molecule is O=C(c1cccnc1N1CCCCC1)N1CCN(CCOc2ccccc2)CC1. The van der Waals surface area contributed by atoms with Crippen LogP contribution in [0.25, 0.3) is 0 Å². The number of amides is 1. The fraction of sp³-hybridized carbons (Fsp3) is 0.478. The highest BCUT2D eigenvalue weighted by Crippen LogP contribution is 2.23. The Balaban J connectivity index is 1.29. The van der Waals surface area contributed by atoms with E-state index in [0.717, 1.165) is 62.9 Å². The van der Waals surface area contributed by atoms with Gasteiger partial charge in [-0.3, -0.25) is 9.69 Å². The smallest absolute Gasteiger partial charge is 0.257 e. The monoisotopic (exact) mass is 394 g/mol. The zero-order valence-electron chi connectivity index (χ0n) is 17.0. The second-order valence-corrected chi connectivity index (χ2v) is 7.72. The Morgan fingerprint density at radius 3 is 2.41 bits per heavy atom. The zero-order chi connectivity index (χ0) is 19.9. The largest absolute Gasteiger partial charge is 0.492 e. The zero-order valence-corrected chi connectivity index (χ0v) is 17.0. The predicted molar refractivity (Wildman–Crippen MR) is 115 cm³/mol. The number of aromatic nitrogens is 1. The number of ether oxygens (including phenoxy) is 1. The van der Waals surface area contributed by atoms with Crippen molar-refractivity contribution in [3.63, 3.8) is 0 Å². The molecule has 0 spiro atoms. The van der Waals surface area contributed by atoms with E-state index in [1.165, 1.54) is 19.3 Å². The van der Waals surface area contributed by atoms with Crippen molar-refractivity contribution in [2.24, 2.45) is 0 Å². The molecule has 1 aromatic carbocycles. The van der Waals surface area contributed by atoms with Crippen molar-refractivity contribution >= 4 is 11.7 Å². The number of pyridine rings is 1. The normalized spacial score (nSPS) is 17.9. The fourth-order valence-corrected chi connectivity index (χ4v) is 4.08. The average molecular weight is 395 g/mol. The number of hydrogen-bond donors (Lipinski definition) is 0. The maximum absolute atomic E-state index is 13.2. The third-order valence-electron chi connectivity index (χ3n) is 5.75. The number of rotatable bonds is 6. The van der Waals surface area contributed by atoms with E-state index >= 15 is 0 Å². The first kappa shape index (κ1) is 19.7. The van der Waals surface area contributed by atoms with Gasteiger partial charge in [0.25, 0.3) is 5.91 Å². The minimum atomic E-state index is 0.110. The van der Waals surface area contributed by atoms with E-state index in [4.69, 9.17) is 4.74 Å². The van der Waals surface area contributed by atoms with E-state index in [1.807, 2.05) is 47.4 Å². The van der Waals surface area contributed by atoms with Gasteiger partial charge in [0.2, 0.25) is 0 Å².